The van der Waals surface area contributed by atoms with E-state index < -0.39 is 6.10 Å². The minimum atomic E-state index is -0.579. The molecule has 2 rings (SSSR count). The van der Waals surface area contributed by atoms with Crippen LogP contribution in [-0.4, -0.2) is 27.7 Å². The SMILES string of the molecule is O=C=C1CCOC1c1cc(O)[nH]c1O. The van der Waals surface area contributed by atoms with Crippen LogP contribution in [0.5, 0.6) is 11.8 Å². The highest BCUT2D eigenvalue weighted by Gasteiger charge is 2.28. The largest absolute Gasteiger partial charge is 0.495 e. The van der Waals surface area contributed by atoms with Crippen LogP contribution < -0.4 is 0 Å². The van der Waals surface area contributed by atoms with Gasteiger partial charge in [0, 0.05) is 18.1 Å². The summed E-state index contributed by atoms with van der Waals surface area (Å²) < 4.78 is 5.25. The molecule has 0 saturated carbocycles. The Morgan fingerprint density at radius 1 is 1.57 bits per heavy atom. The Bertz CT molecular complexity index is 403. The minimum absolute atomic E-state index is 0.154. The van der Waals surface area contributed by atoms with Crippen LogP contribution in [0, 0.1) is 0 Å². The van der Waals surface area contributed by atoms with E-state index >= 15 is 0 Å². The van der Waals surface area contributed by atoms with Gasteiger partial charge in [0.15, 0.2) is 11.8 Å². The highest BCUT2D eigenvalue weighted by molar-refractivity contribution is 5.57. The minimum Gasteiger partial charge on any atom is -0.495 e. The Morgan fingerprint density at radius 3 is 2.93 bits per heavy atom. The number of rotatable bonds is 1. The van der Waals surface area contributed by atoms with Crippen LogP contribution in [-0.2, 0) is 9.53 Å². The Kier molecular flexibility index (Phi) is 2.04. The van der Waals surface area contributed by atoms with E-state index in [0.29, 0.717) is 24.2 Å². The molecule has 3 N–H and O–H groups in total. The molecule has 1 aromatic rings. The quantitative estimate of drug-likeness (QED) is 0.574. The van der Waals surface area contributed by atoms with Crippen molar-refractivity contribution in [3.63, 3.8) is 0 Å². The molecule has 0 aliphatic carbocycles. The van der Waals surface area contributed by atoms with Gasteiger partial charge in [-0.25, -0.2) is 4.79 Å². The zero-order valence-corrected chi connectivity index (χ0v) is 7.28. The van der Waals surface area contributed by atoms with Gasteiger partial charge in [0.2, 0.25) is 0 Å². The number of hydrogen-bond acceptors (Lipinski definition) is 4. The highest BCUT2D eigenvalue weighted by atomic mass is 16.5. The fourth-order valence-corrected chi connectivity index (χ4v) is 1.55. The number of H-pyrrole nitrogens is 1. The van der Waals surface area contributed by atoms with Gasteiger partial charge in [0.05, 0.1) is 12.2 Å². The van der Waals surface area contributed by atoms with E-state index in [1.54, 1.807) is 5.94 Å². The molecule has 2 heterocycles. The number of ether oxygens (including phenoxy) is 1. The van der Waals surface area contributed by atoms with Gasteiger partial charge in [-0.05, 0) is 0 Å². The first-order chi connectivity index (χ1) is 6.72. The van der Waals surface area contributed by atoms with Gasteiger partial charge in [-0.3, -0.25) is 4.98 Å². The molecule has 1 saturated heterocycles. The van der Waals surface area contributed by atoms with Gasteiger partial charge in [-0.1, -0.05) is 0 Å². The fraction of sp³-hybridized carbons (Fsp3) is 0.333. The number of nitrogens with one attached hydrogen (secondary N) is 1. The number of aromatic nitrogens is 1. The predicted molar refractivity (Wildman–Crippen MR) is 46.6 cm³/mol. The smallest absolute Gasteiger partial charge is 0.197 e. The summed E-state index contributed by atoms with van der Waals surface area (Å²) in [6.45, 7) is 0.431. The molecule has 0 radical (unpaired) electrons. The Hall–Kier alpha value is -1.71. The van der Waals surface area contributed by atoms with Crippen LogP contribution in [0.25, 0.3) is 0 Å². The fourth-order valence-electron chi connectivity index (χ4n) is 1.55. The molecule has 74 valence electrons. The first kappa shape index (κ1) is 8.87. The van der Waals surface area contributed by atoms with E-state index in [2.05, 4.69) is 4.98 Å². The van der Waals surface area contributed by atoms with Crippen molar-refractivity contribution < 1.29 is 19.7 Å². The third-order valence-electron chi connectivity index (χ3n) is 2.20. The average Bonchev–Trinajstić information content (AvgIpc) is 2.71. The molecular formula is C9H9NO4. The van der Waals surface area contributed by atoms with Gasteiger partial charge in [-0.15, -0.1) is 0 Å². The molecule has 1 aliphatic heterocycles. The third kappa shape index (κ3) is 1.28. The number of carbonyl (C=O) groups excluding carboxylic acids is 1. The van der Waals surface area contributed by atoms with Crippen molar-refractivity contribution >= 4 is 5.94 Å². The van der Waals surface area contributed by atoms with Crippen LogP contribution in [0.4, 0.5) is 0 Å². The van der Waals surface area contributed by atoms with Crippen LogP contribution in [0.1, 0.15) is 18.1 Å². The van der Waals surface area contributed by atoms with Crippen molar-refractivity contribution in [2.75, 3.05) is 6.61 Å². The molecule has 5 nitrogen and oxygen atoms in total. The molecule has 1 fully saturated rings. The molecule has 1 atom stereocenters. The van der Waals surface area contributed by atoms with Gasteiger partial charge >= 0.3 is 0 Å². The first-order valence-corrected chi connectivity index (χ1v) is 4.18. The maximum Gasteiger partial charge on any atom is 0.197 e. The van der Waals surface area contributed by atoms with Gasteiger partial charge < -0.3 is 14.9 Å². The zero-order valence-electron chi connectivity index (χ0n) is 7.28. The summed E-state index contributed by atoms with van der Waals surface area (Å²) in [7, 11) is 0. The Balaban J connectivity index is 2.39. The van der Waals surface area contributed by atoms with Gasteiger partial charge in [0.25, 0.3) is 0 Å². The lowest BCUT2D eigenvalue weighted by Crippen LogP contribution is -1.97. The van der Waals surface area contributed by atoms with Crippen LogP contribution in [0.2, 0.25) is 0 Å². The molecule has 1 aromatic heterocycles. The summed E-state index contributed by atoms with van der Waals surface area (Å²) in [5.74, 6) is 1.45. The van der Waals surface area contributed by atoms with Crippen LogP contribution in [0.15, 0.2) is 11.6 Å². The second kappa shape index (κ2) is 3.21. The molecule has 1 aliphatic rings. The van der Waals surface area contributed by atoms with Crippen molar-refractivity contribution in [2.45, 2.75) is 12.5 Å². The Labute approximate surface area is 79.6 Å². The van der Waals surface area contributed by atoms with Gasteiger partial charge in [-0.2, -0.15) is 0 Å². The second-order valence-corrected chi connectivity index (χ2v) is 3.09. The van der Waals surface area contributed by atoms with Crippen molar-refractivity contribution in [3.05, 3.63) is 17.2 Å². The summed E-state index contributed by atoms with van der Waals surface area (Å²) in [6.07, 6.45) is -0.0656. The summed E-state index contributed by atoms with van der Waals surface area (Å²) in [5, 5.41) is 18.4. The van der Waals surface area contributed by atoms with Crippen molar-refractivity contribution in [2.24, 2.45) is 0 Å². The number of aromatic amines is 1. The molecule has 1 unspecified atom stereocenters. The summed E-state index contributed by atoms with van der Waals surface area (Å²) in [4.78, 5) is 12.8. The third-order valence-corrected chi connectivity index (χ3v) is 2.20. The average molecular weight is 195 g/mol. The number of hydrogen-bond donors (Lipinski definition) is 3. The summed E-state index contributed by atoms with van der Waals surface area (Å²) >= 11 is 0. The van der Waals surface area contributed by atoms with E-state index in [1.807, 2.05) is 0 Å². The molecule has 14 heavy (non-hydrogen) atoms. The standard InChI is InChI=1S/C9H9NO4/c11-4-5-1-2-14-8(5)6-3-7(12)10-9(6)13/h3,8,10,12-13H,1-2H2. The lowest BCUT2D eigenvalue weighted by Gasteiger charge is -2.06. The maximum atomic E-state index is 10.5. The molecule has 0 amide bonds. The van der Waals surface area contributed by atoms with Crippen molar-refractivity contribution in [1.82, 2.24) is 4.98 Å². The molecule has 5 heteroatoms. The summed E-state index contributed by atoms with van der Waals surface area (Å²) in [6, 6.07) is 1.34. The normalized spacial score (nSPS) is 21.1. The van der Waals surface area contributed by atoms with E-state index in [1.165, 1.54) is 6.07 Å². The van der Waals surface area contributed by atoms with Crippen molar-refractivity contribution in [1.29, 1.82) is 0 Å². The lowest BCUT2D eigenvalue weighted by molar-refractivity contribution is 0.123. The van der Waals surface area contributed by atoms with Gasteiger partial charge in [0.1, 0.15) is 12.0 Å². The number of aromatic hydroxyl groups is 2. The first-order valence-electron chi connectivity index (χ1n) is 4.18. The van der Waals surface area contributed by atoms with E-state index in [4.69, 9.17) is 9.84 Å². The van der Waals surface area contributed by atoms with Crippen molar-refractivity contribution in [3.8, 4) is 11.8 Å². The summed E-state index contributed by atoms with van der Waals surface area (Å²) in [5.41, 5.74) is 0.831. The van der Waals surface area contributed by atoms with E-state index in [-0.39, 0.29) is 11.8 Å². The topological polar surface area (TPSA) is 82.5 Å². The van der Waals surface area contributed by atoms with E-state index in [9.17, 15) is 9.90 Å². The molecule has 0 aromatic carbocycles. The maximum absolute atomic E-state index is 10.5. The zero-order chi connectivity index (χ0) is 10.1. The predicted octanol–water partition coefficient (Wildman–Crippen LogP) is 0.645. The Morgan fingerprint density at radius 2 is 2.36 bits per heavy atom. The molecule has 0 bridgehead atoms. The monoisotopic (exact) mass is 195 g/mol. The molecule has 0 spiro atoms. The van der Waals surface area contributed by atoms with Crippen LogP contribution >= 0.6 is 0 Å². The second-order valence-electron chi connectivity index (χ2n) is 3.09. The van der Waals surface area contributed by atoms with Crippen LogP contribution in [0.3, 0.4) is 0 Å². The lowest BCUT2D eigenvalue weighted by atomic mass is 10.1. The highest BCUT2D eigenvalue weighted by Crippen LogP contribution is 2.38. The van der Waals surface area contributed by atoms with E-state index in [0.717, 1.165) is 0 Å². The molecular weight excluding hydrogens is 186 g/mol.